The van der Waals surface area contributed by atoms with Gasteiger partial charge in [-0.2, -0.15) is 0 Å². The molecule has 1 rings (SSSR count). The average Bonchev–Trinajstić information content (AvgIpc) is 1.69. The van der Waals surface area contributed by atoms with Crippen LogP contribution < -0.4 is 5.40 Å². The van der Waals surface area contributed by atoms with Crippen LogP contribution in [0.4, 0.5) is 0 Å². The van der Waals surface area contributed by atoms with E-state index in [0.29, 0.717) is 0 Å². The van der Waals surface area contributed by atoms with Crippen LogP contribution in [0.15, 0.2) is 24.0 Å². The van der Waals surface area contributed by atoms with Gasteiger partial charge in [0.25, 0.3) is 8.73 Å². The van der Waals surface area contributed by atoms with Gasteiger partial charge in [-0.15, -0.1) is 0 Å². The lowest BCUT2D eigenvalue weighted by Gasteiger charge is -1.80. The average molecular weight is 110 g/mol. The fraction of sp³-hybridized carbons (Fsp3) is 0. The van der Waals surface area contributed by atoms with Gasteiger partial charge >= 0.3 is 0 Å². The van der Waals surface area contributed by atoms with Gasteiger partial charge in [-0.25, -0.2) is 0 Å². The molecule has 0 saturated heterocycles. The zero-order valence-electron chi connectivity index (χ0n) is 3.83. The highest BCUT2D eigenvalue weighted by Gasteiger charge is 1.77. The number of nitrogens with zero attached hydrogens (tertiary/aromatic N) is 1. The molecule has 0 aromatic carbocycles. The minimum absolute atomic E-state index is 0.935. The van der Waals surface area contributed by atoms with Crippen LogP contribution in [0.1, 0.15) is 0 Å². The molecule has 0 atom stereocenters. The number of nitrogen functional groups attached to an aromatic ring is 1. The van der Waals surface area contributed by atoms with Crippen molar-refractivity contribution in [3.05, 3.63) is 24.0 Å². The van der Waals surface area contributed by atoms with Gasteiger partial charge < -0.3 is 5.40 Å². The number of hydrogen-bond acceptors (Lipinski definition) is 2. The van der Waals surface area contributed by atoms with E-state index >= 15 is 0 Å². The smallest absolute Gasteiger partial charge is 0.267 e. The van der Waals surface area contributed by atoms with Crippen LogP contribution in [0.25, 0.3) is 0 Å². The van der Waals surface area contributed by atoms with E-state index in [1.165, 1.54) is 0 Å². The maximum Gasteiger partial charge on any atom is 0.267 e. The van der Waals surface area contributed by atoms with E-state index in [1.807, 2.05) is 17.8 Å². The van der Waals surface area contributed by atoms with Crippen LogP contribution >= 0.6 is 0 Å². The molecule has 1 aromatic rings. The molecule has 0 aliphatic heterocycles. The molecule has 36 valence electrons. The molecule has 0 aliphatic carbocycles. The van der Waals surface area contributed by atoms with Crippen LogP contribution in [-0.4, -0.2) is 13.4 Å². The maximum atomic E-state index is 5.43. The summed E-state index contributed by atoms with van der Waals surface area (Å²) in [5.41, 5.74) is 1.94. The summed E-state index contributed by atoms with van der Waals surface area (Å²) in [7, 11) is -0.935. The predicted molar refractivity (Wildman–Crippen MR) is 30.3 cm³/mol. The van der Waals surface area contributed by atoms with Gasteiger partial charge in [0.15, 0.2) is 0 Å². The number of rotatable bonds is 0. The number of aromatic nitrogens is 1. The molecule has 1 aromatic heterocycles. The van der Waals surface area contributed by atoms with Gasteiger partial charge in [-0.1, -0.05) is 6.07 Å². The Morgan fingerprint density at radius 3 is 2.57 bits per heavy atom. The summed E-state index contributed by atoms with van der Waals surface area (Å²) >= 11 is 0. The molecule has 0 aliphatic rings. The fourth-order valence-electron chi connectivity index (χ4n) is 0.376. The second-order valence-electron chi connectivity index (χ2n) is 1.25. The van der Waals surface area contributed by atoms with Crippen molar-refractivity contribution in [2.75, 3.05) is 5.40 Å². The maximum absolute atomic E-state index is 5.43. The Bertz CT molecular complexity index is 140. The van der Waals surface area contributed by atoms with E-state index in [9.17, 15) is 0 Å². The second-order valence-corrected chi connectivity index (χ2v) is 2.70. The summed E-state index contributed by atoms with van der Waals surface area (Å²) in [5.74, 6) is 0. The molecule has 2 nitrogen and oxygen atoms in total. The number of nitrogens with two attached hydrogens (primary N) is 1. The van der Waals surface area contributed by atoms with E-state index in [-0.39, 0.29) is 0 Å². The van der Waals surface area contributed by atoms with Crippen molar-refractivity contribution in [3.8, 4) is 0 Å². The Kier molecular flexibility index (Phi) is 1.17. The zero-order valence-corrected chi connectivity index (χ0v) is 4.83. The van der Waals surface area contributed by atoms with Crippen LogP contribution in [0.2, 0.25) is 0 Å². The van der Waals surface area contributed by atoms with Crippen LogP contribution in [0.5, 0.6) is 0 Å². The van der Waals surface area contributed by atoms with Gasteiger partial charge in [-0.3, -0.25) is 4.64 Å². The summed E-state index contributed by atoms with van der Waals surface area (Å²) in [6, 6.07) is 3.81. The van der Waals surface area contributed by atoms with Crippen molar-refractivity contribution < 1.29 is 0 Å². The third kappa shape index (κ3) is 1.08. The Morgan fingerprint density at radius 2 is 2.29 bits per heavy atom. The van der Waals surface area contributed by atoms with Gasteiger partial charge in [0.05, 0.1) is 0 Å². The molecule has 0 spiro atoms. The molecule has 0 radical (unpaired) electrons. The Hall–Kier alpha value is -0.703. The lowest BCUT2D eigenvalue weighted by molar-refractivity contribution is 1.48. The first-order chi connectivity index (χ1) is 3.39. The Morgan fingerprint density at radius 1 is 1.43 bits per heavy atom. The molecule has 7 heavy (non-hydrogen) atoms. The molecule has 0 amide bonds. The second kappa shape index (κ2) is 1.84. The summed E-state index contributed by atoms with van der Waals surface area (Å²) in [6.45, 7) is 0. The Balaban J connectivity index is 3.02. The van der Waals surface area contributed by atoms with Crippen molar-refractivity contribution in [1.82, 2.24) is 4.64 Å². The zero-order chi connectivity index (χ0) is 5.11. The first kappa shape index (κ1) is 4.46. The molecule has 2 N–H and O–H groups in total. The topological polar surface area (TPSA) is 38.9 Å². The van der Waals surface area contributed by atoms with E-state index < -0.39 is 8.73 Å². The van der Waals surface area contributed by atoms with Gasteiger partial charge in [0.1, 0.15) is 0 Å². The molecular weight excluding hydrogens is 104 g/mol. The van der Waals surface area contributed by atoms with Crippen LogP contribution in [-0.2, 0) is 0 Å². The summed E-state index contributed by atoms with van der Waals surface area (Å²) in [4.78, 5) is 0. The normalized spacial score (nSPS) is 8.57. The fourth-order valence-corrected chi connectivity index (χ4v) is 1.03. The van der Waals surface area contributed by atoms with Crippen LogP contribution in [0, 0.1) is 0 Å². The highest BCUT2D eigenvalue weighted by atomic mass is 28.2. The first-order valence-electron chi connectivity index (χ1n) is 2.06. The molecule has 3 heteroatoms. The third-order valence-electron chi connectivity index (χ3n) is 0.688. The molecule has 0 saturated carbocycles. The lowest BCUT2D eigenvalue weighted by atomic mass is 10.7. The van der Waals surface area contributed by atoms with Crippen molar-refractivity contribution in [2.45, 2.75) is 0 Å². The number of hydrogen-bond donors (Lipinski definition) is 1. The lowest BCUT2D eigenvalue weighted by Crippen LogP contribution is -2.12. The van der Waals surface area contributed by atoms with Crippen molar-refractivity contribution in [2.24, 2.45) is 0 Å². The van der Waals surface area contributed by atoms with Crippen molar-refractivity contribution in [3.63, 3.8) is 0 Å². The Labute approximate surface area is 43.7 Å². The summed E-state index contributed by atoms with van der Waals surface area (Å²) in [6.07, 6.45) is 1.74. The van der Waals surface area contributed by atoms with Crippen molar-refractivity contribution in [1.29, 1.82) is 0 Å². The van der Waals surface area contributed by atoms with Gasteiger partial charge in [0.2, 0.25) is 0 Å². The SMILES string of the molecule is N[si]1ccccn1. The van der Waals surface area contributed by atoms with E-state index in [2.05, 4.69) is 4.64 Å². The largest absolute Gasteiger partial charge is 0.416 e. The molecular formula is C4H6N2Si. The van der Waals surface area contributed by atoms with E-state index in [4.69, 9.17) is 5.40 Å². The van der Waals surface area contributed by atoms with Crippen LogP contribution in [0.3, 0.4) is 0 Å². The van der Waals surface area contributed by atoms with E-state index in [0.717, 1.165) is 0 Å². The third-order valence-corrected chi connectivity index (χ3v) is 1.67. The van der Waals surface area contributed by atoms with Gasteiger partial charge in [-0.05, 0) is 11.7 Å². The predicted octanol–water partition coefficient (Wildman–Crippen LogP) is -0.179. The highest BCUT2D eigenvalue weighted by Crippen LogP contribution is 1.71. The van der Waals surface area contributed by atoms with E-state index in [1.54, 1.807) is 6.20 Å². The standard InChI is InChI=1S/C4H6N2Si/c5-7-4-2-1-3-6-7/h1-4H,5H2. The minimum atomic E-state index is -0.935. The monoisotopic (exact) mass is 110 g/mol. The quantitative estimate of drug-likeness (QED) is 0.471. The summed E-state index contributed by atoms with van der Waals surface area (Å²) < 4.78 is 3.94. The molecule has 0 unspecified atom stereocenters. The molecule has 0 bridgehead atoms. The first-order valence-corrected chi connectivity index (χ1v) is 3.66. The minimum Gasteiger partial charge on any atom is -0.416 e. The molecule has 1 heterocycles. The molecule has 0 fully saturated rings. The summed E-state index contributed by atoms with van der Waals surface area (Å²) in [5, 5.41) is 5.43. The highest BCUT2D eigenvalue weighted by molar-refractivity contribution is 6.43. The van der Waals surface area contributed by atoms with Gasteiger partial charge in [0, 0.05) is 6.20 Å². The van der Waals surface area contributed by atoms with Crippen molar-refractivity contribution >= 4 is 8.73 Å².